The standard InChI is InChI=1S/C33H21N3O/c1-4-11-22(12-5-1)26-17-10-18-28-27-20-19-25(21-29(27)37-30(26)28)33-35-31(23-13-6-2-7-14-23)34-32(36-33)24-15-8-3-9-16-24/h1-21H/i1D,2D,4D,5D,6D,7D,10D,11D,12D,13D,14D,17D,18D,19D,20D,21D. The molecule has 2 aromatic heterocycles. The molecule has 5 aromatic carbocycles. The van der Waals surface area contributed by atoms with Crippen LogP contribution in [0, 0.1) is 0 Å². The zero-order valence-corrected chi connectivity index (χ0v) is 18.6. The third-order valence-corrected chi connectivity index (χ3v) is 5.43. The number of hydrogen-bond donors (Lipinski definition) is 0. The number of rotatable bonds is 4. The molecular weight excluding hydrogens is 454 g/mol. The minimum Gasteiger partial charge on any atom is -0.455 e. The summed E-state index contributed by atoms with van der Waals surface area (Å²) in [5.74, 6) is -0.872. The lowest BCUT2D eigenvalue weighted by atomic mass is 10.0. The third-order valence-electron chi connectivity index (χ3n) is 5.43. The highest BCUT2D eigenvalue weighted by Crippen LogP contribution is 2.37. The van der Waals surface area contributed by atoms with Crippen LogP contribution in [0.4, 0.5) is 0 Å². The summed E-state index contributed by atoms with van der Waals surface area (Å²) in [5.41, 5.74) is -2.22. The Labute approximate surface area is 236 Å². The molecule has 7 aromatic rings. The normalized spacial score (nSPS) is 17.3. The minimum absolute atomic E-state index is 0.0675. The molecule has 0 aliphatic rings. The summed E-state index contributed by atoms with van der Waals surface area (Å²) < 4.78 is 142. The van der Waals surface area contributed by atoms with Crippen LogP contribution in [0.3, 0.4) is 0 Å². The maximum atomic E-state index is 9.24. The number of benzene rings is 5. The average molecular weight is 492 g/mol. The first kappa shape index (κ1) is 10.5. The van der Waals surface area contributed by atoms with E-state index in [4.69, 9.17) is 25.0 Å². The number of para-hydroxylation sites is 1. The predicted octanol–water partition coefficient (Wildman–Crippen LogP) is 8.44. The molecule has 2 heterocycles. The number of furan rings is 1. The van der Waals surface area contributed by atoms with Crippen LogP contribution in [-0.2, 0) is 0 Å². The summed E-state index contributed by atoms with van der Waals surface area (Å²) in [5, 5.41) is -0.601. The average Bonchev–Trinajstić information content (AvgIpc) is 3.56. The SMILES string of the molecule is [2H]c1c([2H])c([2H])c(-c2nc(-c3ccccc3)nc(-c3c([2H])c([2H])c4c(oc5c(-c6c([2H])c([2H])c([2H])c([2H])c6[2H])c([2H])c([2H])c([2H])c54)c3[2H])n2)c([2H])c1[2H]. The van der Waals surface area contributed by atoms with Gasteiger partial charge in [-0.25, -0.2) is 15.0 Å². The molecule has 0 spiro atoms. The highest BCUT2D eigenvalue weighted by Gasteiger charge is 2.16. The summed E-state index contributed by atoms with van der Waals surface area (Å²) in [4.78, 5) is 13.2. The Morgan fingerprint density at radius 3 is 1.89 bits per heavy atom. The van der Waals surface area contributed by atoms with E-state index < -0.39 is 136 Å². The molecule has 4 heteroatoms. The predicted molar refractivity (Wildman–Crippen MR) is 149 cm³/mol. The van der Waals surface area contributed by atoms with Gasteiger partial charge in [0.05, 0.1) is 21.9 Å². The van der Waals surface area contributed by atoms with Crippen molar-refractivity contribution < 1.29 is 26.3 Å². The Morgan fingerprint density at radius 1 is 0.514 bits per heavy atom. The van der Waals surface area contributed by atoms with Gasteiger partial charge >= 0.3 is 0 Å². The second kappa shape index (κ2) is 8.85. The molecule has 0 saturated carbocycles. The Kier molecular flexibility index (Phi) is 2.51. The first-order valence-electron chi connectivity index (χ1n) is 18.9. The first-order valence-corrected chi connectivity index (χ1v) is 10.9. The molecule has 0 aliphatic carbocycles. The lowest BCUT2D eigenvalue weighted by Crippen LogP contribution is -2.00. The Hall–Kier alpha value is -5.09. The lowest BCUT2D eigenvalue weighted by molar-refractivity contribution is 0.670. The zero-order chi connectivity index (χ0) is 38.5. The maximum absolute atomic E-state index is 9.24. The van der Waals surface area contributed by atoms with E-state index in [0.29, 0.717) is 5.56 Å². The molecule has 37 heavy (non-hydrogen) atoms. The molecule has 0 radical (unpaired) electrons. The van der Waals surface area contributed by atoms with Gasteiger partial charge in [-0.1, -0.05) is 115 Å². The topological polar surface area (TPSA) is 51.8 Å². The fourth-order valence-corrected chi connectivity index (χ4v) is 3.76. The van der Waals surface area contributed by atoms with Crippen molar-refractivity contribution in [2.24, 2.45) is 0 Å². The molecule has 4 nitrogen and oxygen atoms in total. The molecule has 0 bridgehead atoms. The van der Waals surface area contributed by atoms with Crippen LogP contribution in [0.25, 0.3) is 67.2 Å². The van der Waals surface area contributed by atoms with Gasteiger partial charge in [0.25, 0.3) is 0 Å². The highest BCUT2D eigenvalue weighted by atomic mass is 16.3. The van der Waals surface area contributed by atoms with Crippen LogP contribution in [0.15, 0.2) is 131 Å². The summed E-state index contributed by atoms with van der Waals surface area (Å²) in [6.45, 7) is 0. The van der Waals surface area contributed by atoms with Gasteiger partial charge in [-0.05, 0) is 17.6 Å². The smallest absolute Gasteiger partial charge is 0.164 e. The van der Waals surface area contributed by atoms with Crippen LogP contribution in [-0.4, -0.2) is 15.0 Å². The van der Waals surface area contributed by atoms with Gasteiger partial charge in [0.2, 0.25) is 0 Å². The van der Waals surface area contributed by atoms with Gasteiger partial charge in [0, 0.05) is 33.0 Å². The second-order valence-corrected chi connectivity index (χ2v) is 7.68. The zero-order valence-electron chi connectivity index (χ0n) is 34.6. The van der Waals surface area contributed by atoms with Crippen LogP contribution >= 0.6 is 0 Å². The van der Waals surface area contributed by atoms with Gasteiger partial charge in [-0.15, -0.1) is 0 Å². The van der Waals surface area contributed by atoms with Gasteiger partial charge in [0.1, 0.15) is 11.2 Å². The van der Waals surface area contributed by atoms with E-state index in [1.165, 1.54) is 0 Å². The molecule has 0 aliphatic heterocycles. The van der Waals surface area contributed by atoms with E-state index in [1.54, 1.807) is 30.3 Å². The number of aromatic nitrogens is 3. The maximum Gasteiger partial charge on any atom is 0.164 e. The van der Waals surface area contributed by atoms with Crippen molar-refractivity contribution in [1.29, 1.82) is 0 Å². The van der Waals surface area contributed by atoms with Gasteiger partial charge in [0.15, 0.2) is 17.5 Å². The van der Waals surface area contributed by atoms with Crippen molar-refractivity contribution in [3.63, 3.8) is 0 Å². The largest absolute Gasteiger partial charge is 0.455 e. The number of nitrogens with zero attached hydrogens (tertiary/aromatic N) is 3. The molecule has 0 N–H and O–H groups in total. The number of hydrogen-bond acceptors (Lipinski definition) is 4. The van der Waals surface area contributed by atoms with E-state index in [-0.39, 0.29) is 22.2 Å². The van der Waals surface area contributed by atoms with Gasteiger partial charge in [-0.3, -0.25) is 0 Å². The highest BCUT2D eigenvalue weighted by molar-refractivity contribution is 6.10. The van der Waals surface area contributed by atoms with Crippen molar-refractivity contribution in [2.75, 3.05) is 0 Å². The molecule has 0 saturated heterocycles. The molecule has 0 unspecified atom stereocenters. The molecule has 0 fully saturated rings. The van der Waals surface area contributed by atoms with E-state index in [2.05, 4.69) is 15.0 Å². The first-order chi connectivity index (χ1) is 25.0. The Morgan fingerprint density at radius 2 is 1.16 bits per heavy atom. The van der Waals surface area contributed by atoms with Gasteiger partial charge < -0.3 is 4.42 Å². The fraction of sp³-hybridized carbons (Fsp3) is 0. The van der Waals surface area contributed by atoms with E-state index in [0.717, 1.165) is 0 Å². The monoisotopic (exact) mass is 491 g/mol. The van der Waals surface area contributed by atoms with Crippen molar-refractivity contribution in [2.45, 2.75) is 0 Å². The molecule has 0 amide bonds. The van der Waals surface area contributed by atoms with Crippen molar-refractivity contribution in [3.8, 4) is 45.3 Å². The van der Waals surface area contributed by atoms with E-state index in [1.807, 2.05) is 0 Å². The van der Waals surface area contributed by atoms with Crippen molar-refractivity contribution in [3.05, 3.63) is 127 Å². The van der Waals surface area contributed by atoms with E-state index >= 15 is 0 Å². The summed E-state index contributed by atoms with van der Waals surface area (Å²) in [6, 6.07) is -2.50. The van der Waals surface area contributed by atoms with Crippen molar-refractivity contribution in [1.82, 2.24) is 15.0 Å². The summed E-state index contributed by atoms with van der Waals surface area (Å²) in [6.07, 6.45) is 0. The molecule has 7 rings (SSSR count). The Bertz CT molecular complexity index is 2690. The minimum atomic E-state index is -0.733. The lowest BCUT2D eigenvalue weighted by Gasteiger charge is -2.08. The Balaban J connectivity index is 1.61. The second-order valence-electron chi connectivity index (χ2n) is 7.68. The molecular formula is C33H21N3O. The van der Waals surface area contributed by atoms with E-state index in [9.17, 15) is 1.37 Å². The third kappa shape index (κ3) is 3.85. The number of fused-ring (bicyclic) bond motifs is 3. The van der Waals surface area contributed by atoms with Crippen LogP contribution in [0.1, 0.15) is 21.9 Å². The van der Waals surface area contributed by atoms with Crippen LogP contribution in [0.5, 0.6) is 0 Å². The fourth-order valence-electron chi connectivity index (χ4n) is 3.76. The van der Waals surface area contributed by atoms with Crippen molar-refractivity contribution >= 4 is 21.9 Å². The summed E-state index contributed by atoms with van der Waals surface area (Å²) in [7, 11) is 0. The molecule has 174 valence electrons. The molecule has 0 atom stereocenters. The quantitative estimate of drug-likeness (QED) is 0.248. The summed E-state index contributed by atoms with van der Waals surface area (Å²) >= 11 is 0. The van der Waals surface area contributed by atoms with Gasteiger partial charge in [-0.2, -0.15) is 0 Å². The van der Waals surface area contributed by atoms with Crippen LogP contribution in [0.2, 0.25) is 0 Å². The van der Waals surface area contributed by atoms with Crippen LogP contribution < -0.4 is 0 Å².